The molecule has 0 amide bonds. The van der Waals surface area contributed by atoms with E-state index in [-0.39, 0.29) is 11.9 Å². The van der Waals surface area contributed by atoms with Crippen molar-refractivity contribution in [1.29, 1.82) is 0 Å². The lowest BCUT2D eigenvalue weighted by atomic mass is 10.1. The minimum absolute atomic E-state index is 0.00291. The molecule has 0 unspecified atom stereocenters. The van der Waals surface area contributed by atoms with Gasteiger partial charge in [-0.2, -0.15) is 10.1 Å². The number of nitrogens with two attached hydrogens (primary N) is 1. The van der Waals surface area contributed by atoms with Crippen molar-refractivity contribution in [3.05, 3.63) is 75.1 Å². The van der Waals surface area contributed by atoms with Crippen LogP contribution in [-0.4, -0.2) is 24.9 Å². The number of halogens is 2. The molecule has 0 saturated carbocycles. The van der Waals surface area contributed by atoms with E-state index in [1.807, 2.05) is 42.5 Å². The van der Waals surface area contributed by atoms with Crippen molar-refractivity contribution in [2.45, 2.75) is 19.8 Å². The Bertz CT molecular complexity index is 1180. The molecule has 4 rings (SSSR count). The van der Waals surface area contributed by atoms with Gasteiger partial charge in [-0.05, 0) is 56.4 Å². The summed E-state index contributed by atoms with van der Waals surface area (Å²) in [5, 5.41) is 14.4. The highest BCUT2D eigenvalue weighted by Gasteiger charge is 2.12. The van der Waals surface area contributed by atoms with E-state index >= 15 is 0 Å². The van der Waals surface area contributed by atoms with Crippen molar-refractivity contribution in [3.63, 3.8) is 0 Å². The largest absolute Gasteiger partial charge is 0.488 e. The molecule has 2 aromatic carbocycles. The Balaban J connectivity index is 1.55. The van der Waals surface area contributed by atoms with Gasteiger partial charge in [-0.25, -0.2) is 9.67 Å². The van der Waals surface area contributed by atoms with E-state index in [0.29, 0.717) is 35.8 Å². The van der Waals surface area contributed by atoms with E-state index in [0.717, 1.165) is 21.2 Å². The Morgan fingerprint density at radius 1 is 1.10 bits per heavy atom. The van der Waals surface area contributed by atoms with Gasteiger partial charge >= 0.3 is 0 Å². The van der Waals surface area contributed by atoms with Crippen molar-refractivity contribution < 1.29 is 9.84 Å². The van der Waals surface area contributed by atoms with Crippen LogP contribution in [0.1, 0.15) is 16.7 Å². The van der Waals surface area contributed by atoms with E-state index in [1.165, 1.54) is 0 Å². The maximum Gasteiger partial charge on any atom is 0.226 e. The van der Waals surface area contributed by atoms with E-state index in [1.54, 1.807) is 10.9 Å². The summed E-state index contributed by atoms with van der Waals surface area (Å²) in [5.41, 5.74) is 9.28. The first-order valence-electron chi connectivity index (χ1n) is 8.78. The van der Waals surface area contributed by atoms with Gasteiger partial charge in [-0.15, -0.1) is 0 Å². The maximum atomic E-state index is 9.28. The number of anilines is 1. The zero-order valence-corrected chi connectivity index (χ0v) is 17.6. The fourth-order valence-electron chi connectivity index (χ4n) is 2.97. The molecule has 148 valence electrons. The number of fused-ring (bicyclic) bond motifs is 1. The molecule has 0 aliphatic carbocycles. The third-order valence-electron chi connectivity index (χ3n) is 4.39. The van der Waals surface area contributed by atoms with Crippen LogP contribution in [0.2, 0.25) is 5.28 Å². The van der Waals surface area contributed by atoms with Crippen LogP contribution in [0.15, 0.2) is 53.1 Å². The molecule has 0 bridgehead atoms. The highest BCUT2D eigenvalue weighted by molar-refractivity contribution is 9.10. The standard InChI is InChI=1S/C20H17BrClN5O2/c21-16-5-4-12(7-17(16)29-11-14-3-1-2-13(6-14)10-28)9-27-19-15(8-24-27)18(23)25-20(22)26-19/h1-8,28H,9-11H2,(H2,23,25,26). The third kappa shape index (κ3) is 4.34. The van der Waals surface area contributed by atoms with E-state index < -0.39 is 0 Å². The van der Waals surface area contributed by atoms with Crippen LogP contribution in [0.3, 0.4) is 0 Å². The number of aliphatic hydroxyl groups excluding tert-OH is 1. The first-order valence-corrected chi connectivity index (χ1v) is 9.95. The molecule has 0 aliphatic rings. The fraction of sp³-hybridized carbons (Fsp3) is 0.150. The van der Waals surface area contributed by atoms with Crippen molar-refractivity contribution in [2.75, 3.05) is 5.73 Å². The first-order chi connectivity index (χ1) is 14.0. The number of benzene rings is 2. The van der Waals surface area contributed by atoms with Gasteiger partial charge in [0.05, 0.1) is 29.2 Å². The van der Waals surface area contributed by atoms with Crippen molar-refractivity contribution >= 4 is 44.4 Å². The topological polar surface area (TPSA) is 99.1 Å². The molecule has 9 heteroatoms. The Kier molecular flexibility index (Phi) is 5.66. The van der Waals surface area contributed by atoms with Crippen LogP contribution >= 0.6 is 27.5 Å². The summed E-state index contributed by atoms with van der Waals surface area (Å²) in [6.07, 6.45) is 1.63. The van der Waals surface area contributed by atoms with Crippen molar-refractivity contribution in [1.82, 2.24) is 19.7 Å². The molecular formula is C20H17BrClN5O2. The van der Waals surface area contributed by atoms with Gasteiger partial charge in [0.2, 0.25) is 5.28 Å². The zero-order chi connectivity index (χ0) is 20.4. The minimum Gasteiger partial charge on any atom is -0.488 e. The van der Waals surface area contributed by atoms with Crippen molar-refractivity contribution in [3.8, 4) is 5.75 Å². The summed E-state index contributed by atoms with van der Waals surface area (Å²) in [6.45, 7) is 0.864. The lowest BCUT2D eigenvalue weighted by molar-refractivity contribution is 0.280. The molecule has 0 spiro atoms. The Labute approximate surface area is 180 Å². The monoisotopic (exact) mass is 473 g/mol. The van der Waals surface area contributed by atoms with Crippen LogP contribution in [0.5, 0.6) is 5.75 Å². The van der Waals surface area contributed by atoms with Gasteiger partial charge in [0.1, 0.15) is 18.2 Å². The highest BCUT2D eigenvalue weighted by atomic mass is 79.9. The smallest absolute Gasteiger partial charge is 0.226 e. The molecule has 0 atom stereocenters. The summed E-state index contributed by atoms with van der Waals surface area (Å²) in [6, 6.07) is 13.5. The molecule has 0 aliphatic heterocycles. The quantitative estimate of drug-likeness (QED) is 0.411. The molecule has 0 fully saturated rings. The van der Waals surface area contributed by atoms with Gasteiger partial charge in [0.25, 0.3) is 0 Å². The number of hydrogen-bond acceptors (Lipinski definition) is 6. The number of aliphatic hydroxyl groups is 1. The number of nitrogens with zero attached hydrogens (tertiary/aromatic N) is 4. The number of ether oxygens (including phenoxy) is 1. The lowest BCUT2D eigenvalue weighted by Gasteiger charge is -2.11. The zero-order valence-electron chi connectivity index (χ0n) is 15.2. The number of hydrogen-bond donors (Lipinski definition) is 2. The molecule has 3 N–H and O–H groups in total. The third-order valence-corrected chi connectivity index (χ3v) is 5.22. The second-order valence-electron chi connectivity index (χ2n) is 6.45. The van der Waals surface area contributed by atoms with E-state index in [2.05, 4.69) is 31.0 Å². The van der Waals surface area contributed by atoms with Gasteiger partial charge < -0.3 is 15.6 Å². The fourth-order valence-corrected chi connectivity index (χ4v) is 3.51. The summed E-state index contributed by atoms with van der Waals surface area (Å²) in [7, 11) is 0. The second kappa shape index (κ2) is 8.36. The van der Waals surface area contributed by atoms with Crippen LogP contribution < -0.4 is 10.5 Å². The SMILES string of the molecule is Nc1nc(Cl)nc2c1cnn2Cc1ccc(Br)c(OCc2cccc(CO)c2)c1. The molecule has 0 radical (unpaired) electrons. The number of aromatic nitrogens is 4. The van der Waals surface area contributed by atoms with Crippen molar-refractivity contribution in [2.24, 2.45) is 0 Å². The summed E-state index contributed by atoms with van der Waals surface area (Å²) >= 11 is 9.46. The Morgan fingerprint density at radius 3 is 2.76 bits per heavy atom. The number of nitrogen functional groups attached to an aromatic ring is 1. The van der Waals surface area contributed by atoms with Crippen LogP contribution in [-0.2, 0) is 19.8 Å². The van der Waals surface area contributed by atoms with Crippen LogP contribution in [0.4, 0.5) is 5.82 Å². The molecule has 29 heavy (non-hydrogen) atoms. The summed E-state index contributed by atoms with van der Waals surface area (Å²) in [4.78, 5) is 8.19. The molecular weight excluding hydrogens is 458 g/mol. The van der Waals surface area contributed by atoms with Gasteiger partial charge in [0, 0.05) is 0 Å². The van der Waals surface area contributed by atoms with Gasteiger partial charge in [-0.1, -0.05) is 30.3 Å². The van der Waals surface area contributed by atoms with Crippen LogP contribution in [0, 0.1) is 0 Å². The average molecular weight is 475 g/mol. The predicted octanol–water partition coefficient (Wildman–Crippen LogP) is 3.94. The highest BCUT2D eigenvalue weighted by Crippen LogP contribution is 2.28. The molecule has 0 saturated heterocycles. The normalized spacial score (nSPS) is 11.1. The maximum absolute atomic E-state index is 9.28. The Morgan fingerprint density at radius 2 is 1.93 bits per heavy atom. The summed E-state index contributed by atoms with van der Waals surface area (Å²) < 4.78 is 8.55. The lowest BCUT2D eigenvalue weighted by Crippen LogP contribution is -2.04. The Hall–Kier alpha value is -2.68. The molecule has 2 heterocycles. The predicted molar refractivity (Wildman–Crippen MR) is 115 cm³/mol. The van der Waals surface area contributed by atoms with Gasteiger partial charge in [-0.3, -0.25) is 0 Å². The molecule has 2 aromatic heterocycles. The van der Waals surface area contributed by atoms with E-state index in [9.17, 15) is 5.11 Å². The van der Waals surface area contributed by atoms with Gasteiger partial charge in [0.15, 0.2) is 5.65 Å². The molecule has 4 aromatic rings. The average Bonchev–Trinajstić information content (AvgIpc) is 3.11. The molecule has 7 nitrogen and oxygen atoms in total. The summed E-state index contributed by atoms with van der Waals surface area (Å²) in [5.74, 6) is 1.01. The number of rotatable bonds is 6. The first kappa shape index (κ1) is 19.6. The van der Waals surface area contributed by atoms with E-state index in [4.69, 9.17) is 22.1 Å². The second-order valence-corrected chi connectivity index (χ2v) is 7.64. The van der Waals surface area contributed by atoms with Crippen LogP contribution in [0.25, 0.3) is 11.0 Å². The minimum atomic E-state index is 0.00291.